The minimum atomic E-state index is 0.656. The van der Waals surface area contributed by atoms with E-state index < -0.39 is 0 Å². The van der Waals surface area contributed by atoms with Crippen molar-refractivity contribution in [1.29, 1.82) is 0 Å². The average molecular weight is 223 g/mol. The number of nitrogens with zero attached hydrogens (tertiary/aromatic N) is 1. The summed E-state index contributed by atoms with van der Waals surface area (Å²) in [4.78, 5) is 7.34. The molecule has 0 saturated carbocycles. The molecule has 0 aliphatic rings. The smallest absolute Gasteiger partial charge is 0.106 e. The van der Waals surface area contributed by atoms with Crippen LogP contribution in [-0.2, 0) is 6.42 Å². The van der Waals surface area contributed by atoms with Crippen molar-refractivity contribution in [3.8, 4) is 0 Å². The minimum absolute atomic E-state index is 0.656. The number of unbranched alkanes of at least 4 members (excludes halogenated alkanes) is 2. The van der Waals surface area contributed by atoms with Gasteiger partial charge in [0.1, 0.15) is 5.82 Å². The quantitative estimate of drug-likeness (QED) is 0.632. The Morgan fingerprint density at radius 3 is 2.94 bits per heavy atom. The summed E-state index contributed by atoms with van der Waals surface area (Å²) in [6.07, 6.45) is 11.2. The molecule has 16 heavy (non-hydrogen) atoms. The van der Waals surface area contributed by atoms with Crippen molar-refractivity contribution < 1.29 is 0 Å². The first-order chi connectivity index (χ1) is 7.83. The Labute approximate surface area is 99.1 Å². The summed E-state index contributed by atoms with van der Waals surface area (Å²) in [5.41, 5.74) is 0. The summed E-state index contributed by atoms with van der Waals surface area (Å²) in [5.74, 6) is 1.10. The van der Waals surface area contributed by atoms with E-state index in [1.165, 1.54) is 25.7 Å². The highest BCUT2D eigenvalue weighted by Gasteiger charge is 2.00. The fourth-order valence-electron chi connectivity index (χ4n) is 1.84. The molecule has 3 nitrogen and oxygen atoms in total. The SMILES string of the molecule is CCCCCC(C)NCCCc1ncc[nH]1. The fraction of sp³-hybridized carbons (Fsp3) is 0.769. The molecule has 3 heteroatoms. The summed E-state index contributed by atoms with van der Waals surface area (Å²) in [5, 5.41) is 3.56. The van der Waals surface area contributed by atoms with E-state index in [0.29, 0.717) is 6.04 Å². The Balaban J connectivity index is 1.94. The van der Waals surface area contributed by atoms with Crippen molar-refractivity contribution in [3.63, 3.8) is 0 Å². The lowest BCUT2D eigenvalue weighted by molar-refractivity contribution is 0.481. The van der Waals surface area contributed by atoms with E-state index >= 15 is 0 Å². The Kier molecular flexibility index (Phi) is 6.90. The minimum Gasteiger partial charge on any atom is -0.349 e. The monoisotopic (exact) mass is 223 g/mol. The molecule has 0 spiro atoms. The molecule has 0 aliphatic carbocycles. The van der Waals surface area contributed by atoms with Crippen molar-refractivity contribution in [2.45, 2.75) is 58.4 Å². The fourth-order valence-corrected chi connectivity index (χ4v) is 1.84. The highest BCUT2D eigenvalue weighted by molar-refractivity contribution is 4.86. The van der Waals surface area contributed by atoms with Gasteiger partial charge in [-0.05, 0) is 26.3 Å². The number of aryl methyl sites for hydroxylation is 1. The average Bonchev–Trinajstić information content (AvgIpc) is 2.78. The molecule has 1 aromatic rings. The largest absolute Gasteiger partial charge is 0.349 e. The molecule has 2 N–H and O–H groups in total. The molecular formula is C13H25N3. The van der Waals surface area contributed by atoms with Crippen LogP contribution in [0.25, 0.3) is 0 Å². The summed E-state index contributed by atoms with van der Waals surface area (Å²) in [6, 6.07) is 0.656. The molecule has 92 valence electrons. The van der Waals surface area contributed by atoms with Gasteiger partial charge in [0.15, 0.2) is 0 Å². The van der Waals surface area contributed by atoms with E-state index in [4.69, 9.17) is 0 Å². The Morgan fingerprint density at radius 1 is 1.38 bits per heavy atom. The molecular weight excluding hydrogens is 198 g/mol. The molecule has 0 aromatic carbocycles. The van der Waals surface area contributed by atoms with Gasteiger partial charge < -0.3 is 10.3 Å². The maximum atomic E-state index is 4.21. The van der Waals surface area contributed by atoms with Gasteiger partial charge in [-0.3, -0.25) is 0 Å². The van der Waals surface area contributed by atoms with Gasteiger partial charge in [0.25, 0.3) is 0 Å². The summed E-state index contributed by atoms with van der Waals surface area (Å²) >= 11 is 0. The van der Waals surface area contributed by atoms with Crippen LogP contribution < -0.4 is 5.32 Å². The maximum absolute atomic E-state index is 4.21. The summed E-state index contributed by atoms with van der Waals surface area (Å²) in [6.45, 7) is 5.62. The first-order valence-corrected chi connectivity index (χ1v) is 6.54. The van der Waals surface area contributed by atoms with E-state index in [0.717, 1.165) is 25.2 Å². The topological polar surface area (TPSA) is 40.7 Å². The van der Waals surface area contributed by atoms with Crippen LogP contribution in [0.15, 0.2) is 12.4 Å². The van der Waals surface area contributed by atoms with Crippen molar-refractivity contribution in [2.24, 2.45) is 0 Å². The van der Waals surface area contributed by atoms with Gasteiger partial charge in [0, 0.05) is 24.9 Å². The number of imidazole rings is 1. The van der Waals surface area contributed by atoms with Crippen LogP contribution in [0.3, 0.4) is 0 Å². The third-order valence-electron chi connectivity index (χ3n) is 2.88. The van der Waals surface area contributed by atoms with Gasteiger partial charge in [-0.2, -0.15) is 0 Å². The number of rotatable bonds is 9. The molecule has 0 radical (unpaired) electrons. The third kappa shape index (κ3) is 5.91. The van der Waals surface area contributed by atoms with Crippen LogP contribution >= 0.6 is 0 Å². The van der Waals surface area contributed by atoms with Crippen LogP contribution in [-0.4, -0.2) is 22.6 Å². The molecule has 1 unspecified atom stereocenters. The molecule has 0 fully saturated rings. The lowest BCUT2D eigenvalue weighted by atomic mass is 10.1. The molecule has 0 bridgehead atoms. The zero-order valence-corrected chi connectivity index (χ0v) is 10.6. The molecule has 0 amide bonds. The highest BCUT2D eigenvalue weighted by atomic mass is 14.9. The first-order valence-electron chi connectivity index (χ1n) is 6.54. The zero-order valence-electron chi connectivity index (χ0n) is 10.6. The van der Waals surface area contributed by atoms with Crippen molar-refractivity contribution in [3.05, 3.63) is 18.2 Å². The van der Waals surface area contributed by atoms with Crippen molar-refractivity contribution in [2.75, 3.05) is 6.54 Å². The van der Waals surface area contributed by atoms with Crippen LogP contribution in [0.5, 0.6) is 0 Å². The van der Waals surface area contributed by atoms with Crippen molar-refractivity contribution >= 4 is 0 Å². The molecule has 1 aromatic heterocycles. The summed E-state index contributed by atoms with van der Waals surface area (Å²) < 4.78 is 0. The van der Waals surface area contributed by atoms with E-state index in [2.05, 4.69) is 29.1 Å². The number of hydrogen-bond donors (Lipinski definition) is 2. The number of aromatic amines is 1. The van der Waals surface area contributed by atoms with E-state index in [1.54, 1.807) is 0 Å². The normalized spacial score (nSPS) is 12.9. The predicted molar refractivity (Wildman–Crippen MR) is 68.5 cm³/mol. The third-order valence-corrected chi connectivity index (χ3v) is 2.88. The van der Waals surface area contributed by atoms with E-state index in [1.807, 2.05) is 12.4 Å². The second-order valence-corrected chi connectivity index (χ2v) is 4.49. The first kappa shape index (κ1) is 13.2. The van der Waals surface area contributed by atoms with Gasteiger partial charge in [-0.25, -0.2) is 4.98 Å². The lowest BCUT2D eigenvalue weighted by Gasteiger charge is -2.12. The Hall–Kier alpha value is -0.830. The van der Waals surface area contributed by atoms with Gasteiger partial charge in [0.05, 0.1) is 0 Å². The van der Waals surface area contributed by atoms with Gasteiger partial charge in [-0.1, -0.05) is 26.2 Å². The number of aromatic nitrogens is 2. The highest BCUT2D eigenvalue weighted by Crippen LogP contribution is 2.03. The second-order valence-electron chi connectivity index (χ2n) is 4.49. The van der Waals surface area contributed by atoms with Crippen LogP contribution in [0.1, 0.15) is 51.8 Å². The van der Waals surface area contributed by atoms with Crippen molar-refractivity contribution in [1.82, 2.24) is 15.3 Å². The molecule has 0 aliphatic heterocycles. The predicted octanol–water partition coefficient (Wildman–Crippen LogP) is 2.90. The lowest BCUT2D eigenvalue weighted by Crippen LogP contribution is -2.27. The second kappa shape index (κ2) is 8.34. The van der Waals surface area contributed by atoms with Crippen LogP contribution in [0.2, 0.25) is 0 Å². The molecule has 1 rings (SSSR count). The molecule has 1 atom stereocenters. The number of nitrogens with one attached hydrogen (secondary N) is 2. The molecule has 0 saturated heterocycles. The van der Waals surface area contributed by atoms with Gasteiger partial charge >= 0.3 is 0 Å². The molecule has 1 heterocycles. The van der Waals surface area contributed by atoms with Crippen LogP contribution in [0, 0.1) is 0 Å². The van der Waals surface area contributed by atoms with Gasteiger partial charge in [-0.15, -0.1) is 0 Å². The number of H-pyrrole nitrogens is 1. The van der Waals surface area contributed by atoms with E-state index in [9.17, 15) is 0 Å². The Bertz CT molecular complexity index is 244. The summed E-state index contributed by atoms with van der Waals surface area (Å²) in [7, 11) is 0. The maximum Gasteiger partial charge on any atom is 0.106 e. The zero-order chi connectivity index (χ0) is 11.6. The van der Waals surface area contributed by atoms with Gasteiger partial charge in [0.2, 0.25) is 0 Å². The van der Waals surface area contributed by atoms with Crippen LogP contribution in [0.4, 0.5) is 0 Å². The van der Waals surface area contributed by atoms with E-state index in [-0.39, 0.29) is 0 Å². The standard InChI is InChI=1S/C13H25N3/c1-3-4-5-7-12(2)14-9-6-8-13-15-10-11-16-13/h10-12,14H,3-9H2,1-2H3,(H,15,16). The number of hydrogen-bond acceptors (Lipinski definition) is 2. The Morgan fingerprint density at radius 2 is 2.25 bits per heavy atom.